The van der Waals surface area contributed by atoms with Crippen LogP contribution in [0.4, 0.5) is 17.1 Å². The Morgan fingerprint density at radius 2 is 1.73 bits per heavy atom. The van der Waals surface area contributed by atoms with Gasteiger partial charge in [-0.2, -0.15) is 0 Å². The Balaban J connectivity index is 1.35. The highest BCUT2D eigenvalue weighted by Gasteiger charge is 2.30. The molecule has 0 bridgehead atoms. The highest BCUT2D eigenvalue weighted by Crippen LogP contribution is 2.39. The van der Waals surface area contributed by atoms with E-state index in [1.54, 1.807) is 12.1 Å². The van der Waals surface area contributed by atoms with Gasteiger partial charge in [0.05, 0.1) is 11.4 Å². The lowest BCUT2D eigenvalue weighted by Crippen LogP contribution is -2.47. The summed E-state index contributed by atoms with van der Waals surface area (Å²) in [5.74, 6) is 0.0226. The minimum absolute atomic E-state index is 0.233. The monoisotopic (exact) mass is 445 g/mol. The number of nitrogens with one attached hydrogen (secondary N) is 1. The van der Waals surface area contributed by atoms with Crippen molar-refractivity contribution in [2.45, 2.75) is 25.7 Å². The average Bonchev–Trinajstić information content (AvgIpc) is 3.55. The van der Waals surface area contributed by atoms with Crippen molar-refractivity contribution in [3.05, 3.63) is 71.4 Å². The molecule has 1 aliphatic heterocycles. The third kappa shape index (κ3) is 4.41. The Hall–Kier alpha value is -3.81. The highest BCUT2D eigenvalue weighted by molar-refractivity contribution is 6.06. The number of benzene rings is 2. The first-order valence-electron chi connectivity index (χ1n) is 11.3. The summed E-state index contributed by atoms with van der Waals surface area (Å²) in [6, 6.07) is 13.5. The molecule has 3 N–H and O–H groups in total. The predicted molar refractivity (Wildman–Crippen MR) is 127 cm³/mol. The number of aryl methyl sites for hydroxylation is 1. The normalized spacial score (nSPS) is 16.0. The first kappa shape index (κ1) is 21.1. The average molecular weight is 446 g/mol. The number of piperazine rings is 1. The van der Waals surface area contributed by atoms with Gasteiger partial charge in [0.15, 0.2) is 11.6 Å². The molecule has 170 valence electrons. The zero-order valence-corrected chi connectivity index (χ0v) is 18.6. The summed E-state index contributed by atoms with van der Waals surface area (Å²) in [5.41, 5.74) is 9.95. The zero-order valence-electron chi connectivity index (χ0n) is 18.6. The Morgan fingerprint density at radius 1 is 1.03 bits per heavy atom. The molecule has 0 radical (unpaired) electrons. The van der Waals surface area contributed by atoms with E-state index in [1.165, 1.54) is 17.5 Å². The van der Waals surface area contributed by atoms with Crippen LogP contribution in [0.15, 0.2) is 53.1 Å². The van der Waals surface area contributed by atoms with E-state index in [9.17, 15) is 9.59 Å². The minimum Gasteiger partial charge on any atom is -0.448 e. The molecular weight excluding hydrogens is 418 g/mol. The van der Waals surface area contributed by atoms with Crippen molar-refractivity contribution in [3.63, 3.8) is 0 Å². The molecule has 8 heteroatoms. The van der Waals surface area contributed by atoms with Crippen LogP contribution < -0.4 is 20.9 Å². The number of amides is 2. The summed E-state index contributed by atoms with van der Waals surface area (Å²) in [5, 5.41) is 2.92. The van der Waals surface area contributed by atoms with Crippen molar-refractivity contribution in [3.8, 4) is 0 Å². The SMILES string of the molecule is Cc1ccccc1N1CCN(c2ccc(C(N)=O)cc2NC(=O)c2coc(C3CC3)n2)CC1. The van der Waals surface area contributed by atoms with Crippen LogP contribution in [-0.4, -0.2) is 43.0 Å². The van der Waals surface area contributed by atoms with E-state index in [2.05, 4.69) is 45.2 Å². The molecule has 2 aliphatic rings. The van der Waals surface area contributed by atoms with E-state index in [0.717, 1.165) is 44.7 Å². The lowest BCUT2D eigenvalue weighted by atomic mass is 10.1. The van der Waals surface area contributed by atoms with Crippen LogP contribution in [0.3, 0.4) is 0 Å². The largest absolute Gasteiger partial charge is 0.448 e. The lowest BCUT2D eigenvalue weighted by Gasteiger charge is -2.38. The smallest absolute Gasteiger partial charge is 0.277 e. The second kappa shape index (κ2) is 8.61. The number of hydrogen-bond acceptors (Lipinski definition) is 6. The molecule has 0 spiro atoms. The number of hydrogen-bond donors (Lipinski definition) is 2. The van der Waals surface area contributed by atoms with Crippen molar-refractivity contribution in [2.24, 2.45) is 5.73 Å². The van der Waals surface area contributed by atoms with Gasteiger partial charge >= 0.3 is 0 Å². The van der Waals surface area contributed by atoms with Crippen LogP contribution in [0, 0.1) is 6.92 Å². The van der Waals surface area contributed by atoms with Crippen molar-refractivity contribution in [1.82, 2.24) is 4.98 Å². The van der Waals surface area contributed by atoms with E-state index in [-0.39, 0.29) is 11.6 Å². The molecule has 1 saturated carbocycles. The molecule has 2 fully saturated rings. The van der Waals surface area contributed by atoms with Crippen LogP contribution in [0.25, 0.3) is 0 Å². The molecule has 2 aromatic carbocycles. The van der Waals surface area contributed by atoms with E-state index in [0.29, 0.717) is 23.1 Å². The summed E-state index contributed by atoms with van der Waals surface area (Å²) in [4.78, 5) is 33.6. The Morgan fingerprint density at radius 3 is 2.39 bits per heavy atom. The molecule has 1 aromatic heterocycles. The number of rotatable bonds is 6. The fraction of sp³-hybridized carbons (Fsp3) is 0.320. The molecule has 1 saturated heterocycles. The molecule has 2 heterocycles. The number of nitrogens with zero attached hydrogens (tertiary/aromatic N) is 3. The topological polar surface area (TPSA) is 105 Å². The predicted octanol–water partition coefficient (Wildman–Crippen LogP) is 3.54. The van der Waals surface area contributed by atoms with Gasteiger partial charge in [0.25, 0.3) is 5.91 Å². The third-order valence-corrected chi connectivity index (χ3v) is 6.29. The summed E-state index contributed by atoms with van der Waals surface area (Å²) in [7, 11) is 0. The van der Waals surface area contributed by atoms with Crippen molar-refractivity contribution < 1.29 is 14.0 Å². The quantitative estimate of drug-likeness (QED) is 0.601. The maximum absolute atomic E-state index is 12.9. The van der Waals surface area contributed by atoms with Gasteiger partial charge in [0, 0.05) is 43.3 Å². The number of aromatic nitrogens is 1. The second-order valence-corrected chi connectivity index (χ2v) is 8.66. The molecule has 2 amide bonds. The summed E-state index contributed by atoms with van der Waals surface area (Å²) in [6.07, 6.45) is 3.48. The zero-order chi connectivity index (χ0) is 22.9. The van der Waals surface area contributed by atoms with Gasteiger partial charge in [-0.05, 0) is 49.6 Å². The molecule has 3 aromatic rings. The number of carbonyl (C=O) groups excluding carboxylic acids is 2. The molecule has 1 aliphatic carbocycles. The first-order chi connectivity index (χ1) is 16.0. The van der Waals surface area contributed by atoms with Crippen molar-refractivity contribution >= 4 is 28.9 Å². The van der Waals surface area contributed by atoms with Gasteiger partial charge in [-0.3, -0.25) is 9.59 Å². The van der Waals surface area contributed by atoms with E-state index >= 15 is 0 Å². The van der Waals surface area contributed by atoms with Crippen molar-refractivity contribution in [2.75, 3.05) is 41.3 Å². The van der Waals surface area contributed by atoms with Gasteiger partial charge in [-0.15, -0.1) is 0 Å². The second-order valence-electron chi connectivity index (χ2n) is 8.66. The molecule has 8 nitrogen and oxygen atoms in total. The number of anilines is 3. The number of primary amides is 1. The minimum atomic E-state index is -0.543. The van der Waals surface area contributed by atoms with Gasteiger partial charge in [0.1, 0.15) is 6.26 Å². The number of oxazole rings is 1. The van der Waals surface area contributed by atoms with Gasteiger partial charge in [-0.1, -0.05) is 18.2 Å². The highest BCUT2D eigenvalue weighted by atomic mass is 16.3. The van der Waals surface area contributed by atoms with E-state index < -0.39 is 5.91 Å². The van der Waals surface area contributed by atoms with Crippen LogP contribution in [0.1, 0.15) is 51.1 Å². The summed E-state index contributed by atoms with van der Waals surface area (Å²) >= 11 is 0. The molecule has 0 atom stereocenters. The van der Waals surface area contributed by atoms with Crippen LogP contribution in [0.2, 0.25) is 0 Å². The number of para-hydroxylation sites is 1. The molecule has 5 rings (SSSR count). The standard InChI is InChI=1S/C25H27N5O3/c1-16-4-2-3-5-21(16)29-10-12-30(13-11-29)22-9-8-18(23(26)31)14-19(22)27-24(32)20-15-33-25(28-20)17-6-7-17/h2-5,8-9,14-15,17H,6-7,10-13H2,1H3,(H2,26,31)(H,27,32). The van der Waals surface area contributed by atoms with Crippen LogP contribution in [-0.2, 0) is 0 Å². The maximum atomic E-state index is 12.9. The number of nitrogens with two attached hydrogens (primary N) is 1. The van der Waals surface area contributed by atoms with E-state index in [4.69, 9.17) is 10.2 Å². The van der Waals surface area contributed by atoms with Gasteiger partial charge < -0.3 is 25.3 Å². The third-order valence-electron chi connectivity index (χ3n) is 6.29. The fourth-order valence-corrected chi connectivity index (χ4v) is 4.27. The van der Waals surface area contributed by atoms with Gasteiger partial charge in [-0.25, -0.2) is 4.98 Å². The first-order valence-corrected chi connectivity index (χ1v) is 11.3. The molecule has 33 heavy (non-hydrogen) atoms. The Bertz CT molecular complexity index is 1190. The Labute approximate surface area is 192 Å². The molecule has 0 unspecified atom stereocenters. The van der Waals surface area contributed by atoms with Crippen LogP contribution >= 0.6 is 0 Å². The number of carbonyl (C=O) groups is 2. The lowest BCUT2D eigenvalue weighted by molar-refractivity contribution is 0.0995. The Kier molecular flexibility index (Phi) is 5.50. The molecular formula is C25H27N5O3. The van der Waals surface area contributed by atoms with Crippen molar-refractivity contribution in [1.29, 1.82) is 0 Å². The maximum Gasteiger partial charge on any atom is 0.277 e. The van der Waals surface area contributed by atoms with Crippen LogP contribution in [0.5, 0.6) is 0 Å². The summed E-state index contributed by atoms with van der Waals surface area (Å²) < 4.78 is 5.46. The summed E-state index contributed by atoms with van der Waals surface area (Å²) in [6.45, 7) is 5.38. The van der Waals surface area contributed by atoms with E-state index in [1.807, 2.05) is 12.1 Å². The fourth-order valence-electron chi connectivity index (χ4n) is 4.27. The van der Waals surface area contributed by atoms with Gasteiger partial charge in [0.2, 0.25) is 5.91 Å².